The standard InChI is InChI=1S/C20H18Cl2N2O3/c21-9-1-4-15(14(22)7-9)23-16(25)5-6-24-19(26)17-10-2-3-11(13-8-12(10)13)18(17)20(24)27/h1-4,7,10-13,17-18H,5-6,8H2,(H,23,25)/t10-,11-,12-,13-,17-,18+/m0/s1. The van der Waals surface area contributed by atoms with Gasteiger partial charge in [-0.15, -0.1) is 0 Å². The summed E-state index contributed by atoms with van der Waals surface area (Å²) < 4.78 is 0. The van der Waals surface area contributed by atoms with Crippen molar-refractivity contribution >= 4 is 46.6 Å². The molecule has 4 aliphatic carbocycles. The molecule has 7 heteroatoms. The highest BCUT2D eigenvalue weighted by molar-refractivity contribution is 6.36. The van der Waals surface area contributed by atoms with Gasteiger partial charge in [-0.25, -0.2) is 0 Å². The molecule has 5 aliphatic rings. The molecular weight excluding hydrogens is 387 g/mol. The second-order valence-corrected chi connectivity index (χ2v) is 8.75. The quantitative estimate of drug-likeness (QED) is 0.617. The number of carbonyl (C=O) groups excluding carboxylic acids is 3. The number of nitrogens with one attached hydrogen (secondary N) is 1. The van der Waals surface area contributed by atoms with Crippen LogP contribution in [0.2, 0.25) is 10.0 Å². The molecule has 0 radical (unpaired) electrons. The lowest BCUT2D eigenvalue weighted by Gasteiger charge is -2.37. The van der Waals surface area contributed by atoms with Crippen LogP contribution in [0.1, 0.15) is 12.8 Å². The molecule has 0 aromatic heterocycles. The summed E-state index contributed by atoms with van der Waals surface area (Å²) in [4.78, 5) is 39.3. The van der Waals surface area contributed by atoms with E-state index in [4.69, 9.17) is 23.2 Å². The Labute approximate surface area is 166 Å². The van der Waals surface area contributed by atoms with Crippen molar-refractivity contribution in [3.63, 3.8) is 0 Å². The fourth-order valence-electron chi connectivity index (χ4n) is 5.26. The number of benzene rings is 1. The smallest absolute Gasteiger partial charge is 0.233 e. The summed E-state index contributed by atoms with van der Waals surface area (Å²) in [5.41, 5.74) is 0.459. The third kappa shape index (κ3) is 2.63. The van der Waals surface area contributed by atoms with Gasteiger partial charge in [0.2, 0.25) is 17.7 Å². The molecule has 1 aromatic rings. The highest BCUT2D eigenvalue weighted by Crippen LogP contribution is 2.65. The van der Waals surface area contributed by atoms with Gasteiger partial charge in [-0.05, 0) is 48.3 Å². The Bertz CT molecular complexity index is 863. The second-order valence-electron chi connectivity index (χ2n) is 7.91. The predicted molar refractivity (Wildman–Crippen MR) is 101 cm³/mol. The normalized spacial score (nSPS) is 35.3. The maximum atomic E-state index is 12.9. The highest BCUT2D eigenvalue weighted by atomic mass is 35.5. The van der Waals surface area contributed by atoms with Crippen molar-refractivity contribution in [2.45, 2.75) is 12.8 Å². The molecule has 2 saturated carbocycles. The molecular formula is C20H18Cl2N2O3. The van der Waals surface area contributed by atoms with Crippen molar-refractivity contribution in [2.24, 2.45) is 35.5 Å². The zero-order valence-electron chi connectivity index (χ0n) is 14.4. The first-order valence-corrected chi connectivity index (χ1v) is 10.00. The summed E-state index contributed by atoms with van der Waals surface area (Å²) in [6.45, 7) is 0.108. The summed E-state index contributed by atoms with van der Waals surface area (Å²) in [7, 11) is 0. The third-order valence-corrected chi connectivity index (χ3v) is 7.07. The topological polar surface area (TPSA) is 66.5 Å². The van der Waals surface area contributed by atoms with Gasteiger partial charge in [-0.1, -0.05) is 35.4 Å². The van der Waals surface area contributed by atoms with Gasteiger partial charge in [0.25, 0.3) is 0 Å². The Hall–Kier alpha value is -1.85. The summed E-state index contributed by atoms with van der Waals surface area (Å²) >= 11 is 11.9. The number of nitrogens with zero attached hydrogens (tertiary/aromatic N) is 1. The number of hydrogen-bond donors (Lipinski definition) is 1. The van der Waals surface area contributed by atoms with E-state index in [1.807, 2.05) is 0 Å². The molecule has 5 nitrogen and oxygen atoms in total. The minimum atomic E-state index is -0.293. The molecule has 1 N–H and O–H groups in total. The van der Waals surface area contributed by atoms with Crippen molar-refractivity contribution in [3.8, 4) is 0 Å². The van der Waals surface area contributed by atoms with Gasteiger partial charge >= 0.3 is 0 Å². The van der Waals surface area contributed by atoms with E-state index in [9.17, 15) is 14.4 Å². The molecule has 3 amide bonds. The van der Waals surface area contributed by atoms with Crippen LogP contribution in [-0.4, -0.2) is 29.2 Å². The molecule has 1 aromatic carbocycles. The summed E-state index contributed by atoms with van der Waals surface area (Å²) in [6.07, 6.45) is 5.47. The Kier molecular flexibility index (Phi) is 3.89. The van der Waals surface area contributed by atoms with Crippen LogP contribution in [0, 0.1) is 35.5 Å². The predicted octanol–water partition coefficient (Wildman–Crippen LogP) is 3.38. The van der Waals surface area contributed by atoms with Gasteiger partial charge in [-0.3, -0.25) is 19.3 Å². The van der Waals surface area contributed by atoms with Crippen LogP contribution in [0.15, 0.2) is 30.4 Å². The van der Waals surface area contributed by atoms with Gasteiger partial charge in [-0.2, -0.15) is 0 Å². The number of rotatable bonds is 4. The van der Waals surface area contributed by atoms with Gasteiger partial charge < -0.3 is 5.32 Å². The molecule has 0 unspecified atom stereocenters. The first-order valence-electron chi connectivity index (χ1n) is 9.24. The van der Waals surface area contributed by atoms with E-state index in [2.05, 4.69) is 17.5 Å². The summed E-state index contributed by atoms with van der Waals surface area (Å²) in [6, 6.07) is 4.80. The van der Waals surface area contributed by atoms with Gasteiger partial charge in [0.1, 0.15) is 0 Å². The number of imide groups is 1. The number of anilines is 1. The fraction of sp³-hybridized carbons (Fsp3) is 0.450. The molecule has 140 valence electrons. The average Bonchev–Trinajstić information content (AvgIpc) is 3.41. The molecule has 0 spiro atoms. The lowest BCUT2D eigenvalue weighted by molar-refractivity contribution is -0.140. The molecule has 3 fully saturated rings. The van der Waals surface area contributed by atoms with Crippen molar-refractivity contribution in [1.82, 2.24) is 4.90 Å². The Morgan fingerprint density at radius 3 is 2.30 bits per heavy atom. The zero-order valence-corrected chi connectivity index (χ0v) is 15.9. The van der Waals surface area contributed by atoms with E-state index < -0.39 is 0 Å². The monoisotopic (exact) mass is 404 g/mol. The van der Waals surface area contributed by atoms with Gasteiger partial charge in [0, 0.05) is 18.0 Å². The van der Waals surface area contributed by atoms with E-state index in [1.165, 1.54) is 4.90 Å². The molecule has 6 atom stereocenters. The van der Waals surface area contributed by atoms with Crippen LogP contribution in [0.25, 0.3) is 0 Å². The van der Waals surface area contributed by atoms with E-state index in [1.54, 1.807) is 18.2 Å². The highest BCUT2D eigenvalue weighted by Gasteiger charge is 2.66. The second kappa shape index (κ2) is 6.08. The fourth-order valence-corrected chi connectivity index (χ4v) is 5.71. The first kappa shape index (κ1) is 17.3. The summed E-state index contributed by atoms with van der Waals surface area (Å²) in [5.74, 6) is 0.621. The van der Waals surface area contributed by atoms with Crippen LogP contribution >= 0.6 is 23.2 Å². The number of hydrogen-bond acceptors (Lipinski definition) is 3. The van der Waals surface area contributed by atoms with Crippen molar-refractivity contribution in [3.05, 3.63) is 40.4 Å². The number of carbonyl (C=O) groups is 3. The Morgan fingerprint density at radius 2 is 1.70 bits per heavy atom. The number of allylic oxidation sites excluding steroid dienone is 2. The van der Waals surface area contributed by atoms with Crippen LogP contribution in [0.4, 0.5) is 5.69 Å². The lowest BCUT2D eigenvalue weighted by atomic mass is 9.63. The maximum absolute atomic E-state index is 12.9. The van der Waals surface area contributed by atoms with Crippen molar-refractivity contribution < 1.29 is 14.4 Å². The van der Waals surface area contributed by atoms with Gasteiger partial charge in [0.05, 0.1) is 22.5 Å². The maximum Gasteiger partial charge on any atom is 0.233 e. The summed E-state index contributed by atoms with van der Waals surface area (Å²) in [5, 5.41) is 3.53. The SMILES string of the molecule is O=C(CCN1C(=O)[C@@H]2[C@H]3C=C[C@@H]([C@@H]4C[C@@H]34)[C@@H]2C1=O)Nc1ccc(Cl)cc1Cl. The molecule has 1 aliphatic heterocycles. The van der Waals surface area contributed by atoms with Crippen molar-refractivity contribution in [1.29, 1.82) is 0 Å². The van der Waals surface area contributed by atoms with Crippen LogP contribution < -0.4 is 5.32 Å². The Balaban J connectivity index is 1.25. The minimum absolute atomic E-state index is 0.0471. The third-order valence-electron chi connectivity index (χ3n) is 6.52. The number of likely N-dealkylation sites (tertiary alicyclic amines) is 1. The first-order chi connectivity index (χ1) is 13.0. The van der Waals surface area contributed by atoms with Crippen LogP contribution in [0.5, 0.6) is 0 Å². The lowest BCUT2D eigenvalue weighted by Crippen LogP contribution is -2.40. The van der Waals surface area contributed by atoms with E-state index in [0.717, 1.165) is 6.42 Å². The Morgan fingerprint density at radius 1 is 1.07 bits per heavy atom. The molecule has 1 heterocycles. The number of halogens is 2. The molecule has 27 heavy (non-hydrogen) atoms. The number of amides is 3. The zero-order chi connectivity index (χ0) is 18.9. The van der Waals surface area contributed by atoms with E-state index in [0.29, 0.717) is 27.6 Å². The van der Waals surface area contributed by atoms with Gasteiger partial charge in [0.15, 0.2) is 0 Å². The van der Waals surface area contributed by atoms with Crippen LogP contribution in [0.3, 0.4) is 0 Å². The van der Waals surface area contributed by atoms with Crippen molar-refractivity contribution in [2.75, 3.05) is 11.9 Å². The largest absolute Gasteiger partial charge is 0.325 e. The molecule has 1 saturated heterocycles. The molecule has 6 rings (SSSR count). The minimum Gasteiger partial charge on any atom is -0.325 e. The average molecular weight is 405 g/mol. The van der Waals surface area contributed by atoms with Crippen LogP contribution in [-0.2, 0) is 14.4 Å². The van der Waals surface area contributed by atoms with E-state index in [-0.39, 0.29) is 54.4 Å². The van der Waals surface area contributed by atoms with E-state index >= 15 is 0 Å². The molecule has 2 bridgehead atoms.